The van der Waals surface area contributed by atoms with Gasteiger partial charge in [0.1, 0.15) is 5.75 Å². The van der Waals surface area contributed by atoms with Crippen LogP contribution in [-0.2, 0) is 0 Å². The van der Waals surface area contributed by atoms with Gasteiger partial charge in [-0.1, -0.05) is 18.2 Å². The third-order valence-corrected chi connectivity index (χ3v) is 4.04. The van der Waals surface area contributed by atoms with E-state index in [-0.39, 0.29) is 24.0 Å². The second-order valence-corrected chi connectivity index (χ2v) is 6.29. The molecule has 0 saturated carbocycles. The summed E-state index contributed by atoms with van der Waals surface area (Å²) < 4.78 is 5.68. The highest BCUT2D eigenvalue weighted by Crippen LogP contribution is 2.35. The molecule has 0 fully saturated rings. The minimum absolute atomic E-state index is 0.0357. The van der Waals surface area contributed by atoms with Crippen molar-refractivity contribution in [2.24, 2.45) is 0 Å². The highest BCUT2D eigenvalue weighted by atomic mass is 16.5. The summed E-state index contributed by atoms with van der Waals surface area (Å²) in [5, 5.41) is 12.6. The summed E-state index contributed by atoms with van der Waals surface area (Å²) in [6, 6.07) is 7.80. The van der Waals surface area contributed by atoms with E-state index < -0.39 is 6.10 Å². The molecule has 1 heterocycles. The zero-order valence-corrected chi connectivity index (χ0v) is 13.7. The molecular formula is C17H26N2O3. The molecule has 0 bridgehead atoms. The predicted octanol–water partition coefficient (Wildman–Crippen LogP) is 2.35. The molecule has 1 aromatic rings. The van der Waals surface area contributed by atoms with Crippen molar-refractivity contribution in [3.63, 3.8) is 0 Å². The summed E-state index contributed by atoms with van der Waals surface area (Å²) in [5.41, 5.74) is 1.14. The number of hydrogen-bond acceptors (Lipinski definition) is 3. The minimum Gasteiger partial charge on any atom is -0.493 e. The van der Waals surface area contributed by atoms with Crippen molar-refractivity contribution >= 4 is 6.03 Å². The summed E-state index contributed by atoms with van der Waals surface area (Å²) in [6.45, 7) is 8.48. The number of carbonyl (C=O) groups is 1. The molecule has 0 spiro atoms. The van der Waals surface area contributed by atoms with E-state index in [1.165, 1.54) is 0 Å². The van der Waals surface area contributed by atoms with Crippen LogP contribution in [0.1, 0.15) is 39.2 Å². The number of rotatable bonds is 5. The van der Waals surface area contributed by atoms with E-state index in [2.05, 4.69) is 5.32 Å². The topological polar surface area (TPSA) is 61.8 Å². The van der Waals surface area contributed by atoms with Crippen LogP contribution < -0.4 is 10.1 Å². The van der Waals surface area contributed by atoms with Gasteiger partial charge in [0.25, 0.3) is 0 Å². The third-order valence-electron chi connectivity index (χ3n) is 4.04. The summed E-state index contributed by atoms with van der Waals surface area (Å²) >= 11 is 0. The van der Waals surface area contributed by atoms with Crippen LogP contribution in [0.4, 0.5) is 4.79 Å². The standard InChI is InChI=1S/C17H26N2O3/c1-11(2)19(9-12(3)20)17(21)18-13(4)15-10-22-16-8-6-5-7-14(15)16/h5-8,11-13,15,20H,9-10H2,1-4H3,(H,18,21). The molecule has 2 amide bonds. The lowest BCUT2D eigenvalue weighted by molar-refractivity contribution is 0.116. The van der Waals surface area contributed by atoms with Crippen LogP contribution in [0, 0.1) is 0 Å². The lowest BCUT2D eigenvalue weighted by atomic mass is 9.94. The number of fused-ring (bicyclic) bond motifs is 1. The van der Waals surface area contributed by atoms with Gasteiger partial charge in [0.05, 0.1) is 12.7 Å². The number of aliphatic hydroxyl groups excluding tert-OH is 1. The molecule has 0 radical (unpaired) electrons. The Labute approximate surface area is 132 Å². The molecule has 0 aromatic heterocycles. The van der Waals surface area contributed by atoms with Gasteiger partial charge in [-0.15, -0.1) is 0 Å². The van der Waals surface area contributed by atoms with Crippen LogP contribution in [0.2, 0.25) is 0 Å². The first-order chi connectivity index (χ1) is 10.4. The minimum atomic E-state index is -0.543. The lowest BCUT2D eigenvalue weighted by Gasteiger charge is -2.30. The quantitative estimate of drug-likeness (QED) is 0.878. The molecule has 1 aliphatic rings. The fraction of sp³-hybridized carbons (Fsp3) is 0.588. The number of ether oxygens (including phenoxy) is 1. The monoisotopic (exact) mass is 306 g/mol. The number of urea groups is 1. The number of hydrogen-bond donors (Lipinski definition) is 2. The van der Waals surface area contributed by atoms with Crippen LogP contribution in [0.3, 0.4) is 0 Å². The number of benzene rings is 1. The average Bonchev–Trinajstić information content (AvgIpc) is 2.88. The molecular weight excluding hydrogens is 280 g/mol. The maximum absolute atomic E-state index is 12.5. The van der Waals surface area contributed by atoms with E-state index in [4.69, 9.17) is 4.74 Å². The van der Waals surface area contributed by atoms with Crippen LogP contribution in [-0.4, -0.2) is 47.4 Å². The molecule has 122 valence electrons. The summed E-state index contributed by atoms with van der Waals surface area (Å²) in [7, 11) is 0. The molecule has 22 heavy (non-hydrogen) atoms. The number of aliphatic hydroxyl groups is 1. The fourth-order valence-electron chi connectivity index (χ4n) is 2.79. The molecule has 1 aromatic carbocycles. The first-order valence-corrected chi connectivity index (χ1v) is 7.87. The van der Waals surface area contributed by atoms with Gasteiger partial charge in [0.15, 0.2) is 0 Å². The molecule has 3 atom stereocenters. The smallest absolute Gasteiger partial charge is 0.317 e. The number of nitrogens with one attached hydrogen (secondary N) is 1. The Morgan fingerprint density at radius 1 is 1.36 bits per heavy atom. The van der Waals surface area contributed by atoms with Gasteiger partial charge in [-0.3, -0.25) is 0 Å². The maximum Gasteiger partial charge on any atom is 0.317 e. The van der Waals surface area contributed by atoms with Gasteiger partial charge in [-0.05, 0) is 33.8 Å². The first-order valence-electron chi connectivity index (χ1n) is 7.87. The fourth-order valence-corrected chi connectivity index (χ4v) is 2.79. The van der Waals surface area contributed by atoms with Crippen LogP contribution in [0.25, 0.3) is 0 Å². The Kier molecular flexibility index (Phi) is 5.29. The van der Waals surface area contributed by atoms with E-state index in [1.807, 2.05) is 45.0 Å². The van der Waals surface area contributed by atoms with Gasteiger partial charge >= 0.3 is 6.03 Å². The zero-order valence-electron chi connectivity index (χ0n) is 13.7. The highest BCUT2D eigenvalue weighted by Gasteiger charge is 2.31. The maximum atomic E-state index is 12.5. The zero-order chi connectivity index (χ0) is 16.3. The molecule has 2 rings (SSSR count). The van der Waals surface area contributed by atoms with Gasteiger partial charge < -0.3 is 20.1 Å². The van der Waals surface area contributed by atoms with E-state index in [0.717, 1.165) is 11.3 Å². The van der Waals surface area contributed by atoms with Crippen molar-refractivity contribution in [2.45, 2.75) is 51.8 Å². The Bertz CT molecular complexity index is 516. The average molecular weight is 306 g/mol. The van der Waals surface area contributed by atoms with Crippen molar-refractivity contribution in [2.75, 3.05) is 13.2 Å². The second kappa shape index (κ2) is 7.01. The van der Waals surface area contributed by atoms with Crippen LogP contribution in [0.15, 0.2) is 24.3 Å². The summed E-state index contributed by atoms with van der Waals surface area (Å²) in [4.78, 5) is 14.1. The van der Waals surface area contributed by atoms with E-state index in [9.17, 15) is 9.90 Å². The molecule has 3 unspecified atom stereocenters. The lowest BCUT2D eigenvalue weighted by Crippen LogP contribution is -2.50. The Morgan fingerprint density at radius 3 is 2.68 bits per heavy atom. The largest absolute Gasteiger partial charge is 0.493 e. The number of carbonyl (C=O) groups excluding carboxylic acids is 1. The number of nitrogens with zero attached hydrogens (tertiary/aromatic N) is 1. The van der Waals surface area contributed by atoms with Crippen molar-refractivity contribution in [3.05, 3.63) is 29.8 Å². The summed E-state index contributed by atoms with van der Waals surface area (Å²) in [5.74, 6) is 1.05. The van der Waals surface area contributed by atoms with Gasteiger partial charge in [-0.2, -0.15) is 0 Å². The normalized spacial score (nSPS) is 19.3. The molecule has 5 heteroatoms. The molecule has 0 saturated heterocycles. The third kappa shape index (κ3) is 3.71. The van der Waals surface area contributed by atoms with Crippen molar-refractivity contribution < 1.29 is 14.6 Å². The van der Waals surface area contributed by atoms with Gasteiger partial charge in [0.2, 0.25) is 0 Å². The van der Waals surface area contributed by atoms with Crippen LogP contribution >= 0.6 is 0 Å². The number of amides is 2. The Morgan fingerprint density at radius 2 is 2.05 bits per heavy atom. The Hall–Kier alpha value is -1.75. The van der Waals surface area contributed by atoms with Gasteiger partial charge in [0, 0.05) is 30.1 Å². The van der Waals surface area contributed by atoms with Crippen LogP contribution in [0.5, 0.6) is 5.75 Å². The van der Waals surface area contributed by atoms with Crippen molar-refractivity contribution in [1.82, 2.24) is 10.2 Å². The van der Waals surface area contributed by atoms with E-state index >= 15 is 0 Å². The van der Waals surface area contributed by atoms with E-state index in [1.54, 1.807) is 11.8 Å². The highest BCUT2D eigenvalue weighted by molar-refractivity contribution is 5.75. The summed E-state index contributed by atoms with van der Waals surface area (Å²) in [6.07, 6.45) is -0.543. The van der Waals surface area contributed by atoms with Gasteiger partial charge in [-0.25, -0.2) is 4.79 Å². The van der Waals surface area contributed by atoms with Crippen molar-refractivity contribution in [3.8, 4) is 5.75 Å². The van der Waals surface area contributed by atoms with E-state index in [0.29, 0.717) is 13.2 Å². The molecule has 0 aliphatic carbocycles. The predicted molar refractivity (Wildman–Crippen MR) is 86.2 cm³/mol. The molecule has 5 nitrogen and oxygen atoms in total. The van der Waals surface area contributed by atoms with Crippen molar-refractivity contribution in [1.29, 1.82) is 0 Å². The SMILES string of the molecule is CC(O)CN(C(=O)NC(C)C1COc2ccccc21)C(C)C. The molecule has 2 N–H and O–H groups in total. The first kappa shape index (κ1) is 16.6. The molecule has 1 aliphatic heterocycles. The number of para-hydroxylation sites is 1. The second-order valence-electron chi connectivity index (χ2n) is 6.29. The Balaban J connectivity index is 2.02.